The number of carbonyl (C=O) groups is 1. The molecule has 6 heteroatoms. The molecular formula is C24H22ClNO4. The third-order valence-corrected chi connectivity index (χ3v) is 5.39. The van der Waals surface area contributed by atoms with E-state index >= 15 is 0 Å². The van der Waals surface area contributed by atoms with Gasteiger partial charge in [-0.15, -0.1) is 0 Å². The Hall–Kier alpha value is -3.02. The van der Waals surface area contributed by atoms with Crippen LogP contribution in [0.3, 0.4) is 0 Å². The smallest absolute Gasteiger partial charge is 0.338 e. The van der Waals surface area contributed by atoms with Crippen molar-refractivity contribution in [2.24, 2.45) is 0 Å². The predicted molar refractivity (Wildman–Crippen MR) is 117 cm³/mol. The molecule has 0 bridgehead atoms. The van der Waals surface area contributed by atoms with Crippen molar-refractivity contribution < 1.29 is 19.4 Å². The van der Waals surface area contributed by atoms with Gasteiger partial charge in [-0.1, -0.05) is 41.9 Å². The SMILES string of the molecule is COC(=O)c1cccc(N2CC(Oc3ccc(CO)cc3)C2)c1-c1cccc(Cl)c1. The second-order valence-corrected chi connectivity index (χ2v) is 7.58. The normalized spacial score (nSPS) is 13.6. The third kappa shape index (κ3) is 4.13. The first-order valence-corrected chi connectivity index (χ1v) is 10.1. The van der Waals surface area contributed by atoms with Gasteiger partial charge in [0.25, 0.3) is 0 Å². The van der Waals surface area contributed by atoms with Crippen molar-refractivity contribution in [3.63, 3.8) is 0 Å². The van der Waals surface area contributed by atoms with E-state index in [1.165, 1.54) is 7.11 Å². The molecule has 0 spiro atoms. The Labute approximate surface area is 180 Å². The number of ether oxygens (including phenoxy) is 2. The van der Waals surface area contributed by atoms with E-state index in [4.69, 9.17) is 26.2 Å². The fraction of sp³-hybridized carbons (Fsp3) is 0.208. The molecule has 0 radical (unpaired) electrons. The zero-order valence-electron chi connectivity index (χ0n) is 16.5. The van der Waals surface area contributed by atoms with Crippen molar-refractivity contribution in [2.45, 2.75) is 12.7 Å². The van der Waals surface area contributed by atoms with Gasteiger partial charge in [-0.3, -0.25) is 0 Å². The van der Waals surface area contributed by atoms with E-state index in [-0.39, 0.29) is 18.7 Å². The van der Waals surface area contributed by atoms with Crippen LogP contribution in [-0.2, 0) is 11.3 Å². The lowest BCUT2D eigenvalue weighted by atomic mass is 9.95. The van der Waals surface area contributed by atoms with Crippen molar-refractivity contribution in [2.75, 3.05) is 25.1 Å². The lowest BCUT2D eigenvalue weighted by Gasteiger charge is -2.42. The van der Waals surface area contributed by atoms with Crippen LogP contribution < -0.4 is 9.64 Å². The van der Waals surface area contributed by atoms with Crippen molar-refractivity contribution in [1.82, 2.24) is 0 Å². The number of hydrogen-bond acceptors (Lipinski definition) is 5. The van der Waals surface area contributed by atoms with Gasteiger partial charge >= 0.3 is 5.97 Å². The highest BCUT2D eigenvalue weighted by molar-refractivity contribution is 6.31. The summed E-state index contributed by atoms with van der Waals surface area (Å²) in [6.45, 7) is 1.40. The number of carbonyl (C=O) groups excluding carboxylic acids is 1. The molecule has 4 rings (SSSR count). The summed E-state index contributed by atoms with van der Waals surface area (Å²) in [5.74, 6) is 0.388. The van der Waals surface area contributed by atoms with Gasteiger partial charge in [0.2, 0.25) is 0 Å². The molecule has 30 heavy (non-hydrogen) atoms. The Morgan fingerprint density at radius 3 is 2.50 bits per heavy atom. The number of esters is 1. The molecule has 1 aliphatic rings. The van der Waals surface area contributed by atoms with Crippen LogP contribution in [0.15, 0.2) is 66.7 Å². The van der Waals surface area contributed by atoms with Crippen LogP contribution in [0.1, 0.15) is 15.9 Å². The number of halogens is 1. The van der Waals surface area contributed by atoms with Crippen LogP contribution in [0.25, 0.3) is 11.1 Å². The number of anilines is 1. The van der Waals surface area contributed by atoms with Crippen LogP contribution in [0.4, 0.5) is 5.69 Å². The molecule has 3 aromatic carbocycles. The van der Waals surface area contributed by atoms with E-state index in [2.05, 4.69) is 4.90 Å². The van der Waals surface area contributed by atoms with Gasteiger partial charge in [0.05, 0.1) is 32.4 Å². The Morgan fingerprint density at radius 1 is 1.10 bits per heavy atom. The number of rotatable bonds is 6. The van der Waals surface area contributed by atoms with Crippen LogP contribution in [0, 0.1) is 0 Å². The Balaban J connectivity index is 1.58. The summed E-state index contributed by atoms with van der Waals surface area (Å²) in [7, 11) is 1.38. The summed E-state index contributed by atoms with van der Waals surface area (Å²) in [5, 5.41) is 9.76. The average Bonchev–Trinajstić information content (AvgIpc) is 2.75. The monoisotopic (exact) mass is 423 g/mol. The van der Waals surface area contributed by atoms with Gasteiger partial charge in [-0.05, 0) is 47.5 Å². The summed E-state index contributed by atoms with van der Waals surface area (Å²) < 4.78 is 11.0. The van der Waals surface area contributed by atoms with Gasteiger partial charge in [0, 0.05) is 16.3 Å². The minimum absolute atomic E-state index is 0.0142. The zero-order chi connectivity index (χ0) is 21.1. The van der Waals surface area contributed by atoms with E-state index in [9.17, 15) is 4.79 Å². The van der Waals surface area contributed by atoms with Gasteiger partial charge in [-0.25, -0.2) is 4.79 Å². The van der Waals surface area contributed by atoms with Gasteiger partial charge in [0.1, 0.15) is 11.9 Å². The molecule has 5 nitrogen and oxygen atoms in total. The zero-order valence-corrected chi connectivity index (χ0v) is 17.3. The van der Waals surface area contributed by atoms with Crippen molar-refractivity contribution in [1.29, 1.82) is 0 Å². The summed E-state index contributed by atoms with van der Waals surface area (Å²) in [4.78, 5) is 14.6. The summed E-state index contributed by atoms with van der Waals surface area (Å²) in [6, 6.07) is 20.5. The van der Waals surface area contributed by atoms with E-state index in [0.29, 0.717) is 23.7 Å². The maximum atomic E-state index is 12.4. The standard InChI is InChI=1S/C24H22ClNO4/c1-29-24(28)21-6-3-7-22(23(21)17-4-2-5-18(25)12-17)26-13-20(14-26)30-19-10-8-16(15-27)9-11-19/h2-12,20,27H,13-15H2,1H3. The van der Waals surface area contributed by atoms with Gasteiger partial charge in [0.15, 0.2) is 0 Å². The number of nitrogens with zero attached hydrogens (tertiary/aromatic N) is 1. The molecule has 154 valence electrons. The van der Waals surface area contributed by atoms with Gasteiger partial charge < -0.3 is 19.5 Å². The van der Waals surface area contributed by atoms with Crippen molar-refractivity contribution in [3.8, 4) is 16.9 Å². The summed E-state index contributed by atoms with van der Waals surface area (Å²) in [5.41, 5.74) is 3.96. The van der Waals surface area contributed by atoms with Crippen molar-refractivity contribution in [3.05, 3.63) is 82.9 Å². The second-order valence-electron chi connectivity index (χ2n) is 7.15. The first-order valence-electron chi connectivity index (χ1n) is 9.67. The summed E-state index contributed by atoms with van der Waals surface area (Å²) in [6.07, 6.45) is 0.0407. The topological polar surface area (TPSA) is 59.0 Å². The highest BCUT2D eigenvalue weighted by Crippen LogP contribution is 2.38. The van der Waals surface area contributed by atoms with Crippen LogP contribution in [0.5, 0.6) is 5.75 Å². The fourth-order valence-electron chi connectivity index (χ4n) is 3.61. The second kappa shape index (κ2) is 8.78. The molecule has 3 aromatic rings. The summed E-state index contributed by atoms with van der Waals surface area (Å²) >= 11 is 6.21. The van der Waals surface area contributed by atoms with Crippen molar-refractivity contribution >= 4 is 23.3 Å². The van der Waals surface area contributed by atoms with E-state index in [1.807, 2.05) is 54.6 Å². The maximum absolute atomic E-state index is 12.4. The first-order chi connectivity index (χ1) is 14.6. The number of hydrogen-bond donors (Lipinski definition) is 1. The molecule has 0 unspecified atom stereocenters. The Bertz CT molecular complexity index is 1050. The first kappa shape index (κ1) is 20.3. The van der Waals surface area contributed by atoms with E-state index in [1.54, 1.807) is 12.1 Å². The lowest BCUT2D eigenvalue weighted by Crippen LogP contribution is -2.54. The molecule has 1 N–H and O–H groups in total. The number of aliphatic hydroxyl groups excluding tert-OH is 1. The maximum Gasteiger partial charge on any atom is 0.338 e. The average molecular weight is 424 g/mol. The minimum atomic E-state index is -0.385. The molecule has 1 aliphatic heterocycles. The predicted octanol–water partition coefficient (Wildman–Crippen LogP) is 4.55. The third-order valence-electron chi connectivity index (χ3n) is 5.16. The fourth-order valence-corrected chi connectivity index (χ4v) is 3.80. The molecule has 0 atom stereocenters. The highest BCUT2D eigenvalue weighted by atomic mass is 35.5. The molecule has 1 saturated heterocycles. The van der Waals surface area contributed by atoms with E-state index in [0.717, 1.165) is 28.1 Å². The van der Waals surface area contributed by atoms with E-state index < -0.39 is 0 Å². The number of aliphatic hydroxyl groups is 1. The number of methoxy groups -OCH3 is 1. The van der Waals surface area contributed by atoms with Gasteiger partial charge in [-0.2, -0.15) is 0 Å². The molecule has 0 aromatic heterocycles. The minimum Gasteiger partial charge on any atom is -0.487 e. The molecule has 0 amide bonds. The molecule has 0 aliphatic carbocycles. The van der Waals surface area contributed by atoms with Crippen LogP contribution in [0.2, 0.25) is 5.02 Å². The molecule has 1 heterocycles. The lowest BCUT2D eigenvalue weighted by molar-refractivity contribution is 0.0601. The highest BCUT2D eigenvalue weighted by Gasteiger charge is 2.31. The van der Waals surface area contributed by atoms with Crippen LogP contribution in [-0.4, -0.2) is 37.4 Å². The largest absolute Gasteiger partial charge is 0.487 e. The Kier molecular flexibility index (Phi) is 5.93. The quantitative estimate of drug-likeness (QED) is 0.589. The molecule has 0 saturated carbocycles. The Morgan fingerprint density at radius 2 is 1.83 bits per heavy atom. The number of benzene rings is 3. The molecular weight excluding hydrogens is 402 g/mol. The van der Waals surface area contributed by atoms with Crippen LogP contribution >= 0.6 is 11.6 Å². The molecule has 1 fully saturated rings.